The van der Waals surface area contributed by atoms with E-state index < -0.39 is 17.4 Å². The first-order chi connectivity index (χ1) is 25.5. The molecule has 7 rings (SSSR count). The van der Waals surface area contributed by atoms with E-state index in [0.29, 0.717) is 32.6 Å². The lowest BCUT2D eigenvalue weighted by Crippen LogP contribution is -2.43. The summed E-state index contributed by atoms with van der Waals surface area (Å²) in [7, 11) is 0. The average molecular weight is 695 g/mol. The molecule has 3 aromatic carbocycles. The number of carbonyl (C=O) groups excluding carboxylic acids is 3. The zero-order valence-electron chi connectivity index (χ0n) is 29.2. The zero-order valence-corrected chi connectivity index (χ0v) is 29.2. The average Bonchev–Trinajstić information content (AvgIpc) is 3.52. The van der Waals surface area contributed by atoms with Gasteiger partial charge in [-0.1, -0.05) is 72.8 Å². The summed E-state index contributed by atoms with van der Waals surface area (Å²) in [5, 5.41) is 4.04. The van der Waals surface area contributed by atoms with E-state index in [1.165, 1.54) is 0 Å². The summed E-state index contributed by atoms with van der Waals surface area (Å²) in [4.78, 5) is 44.2. The van der Waals surface area contributed by atoms with Gasteiger partial charge in [0.05, 0.1) is 24.5 Å². The molecule has 0 saturated heterocycles. The molecule has 0 spiro atoms. The normalized spacial score (nSPS) is 17.1. The Bertz CT molecular complexity index is 2140. The van der Waals surface area contributed by atoms with E-state index in [-0.39, 0.29) is 25.0 Å². The number of para-hydroxylation sites is 1. The van der Waals surface area contributed by atoms with Crippen molar-refractivity contribution in [1.82, 2.24) is 19.4 Å². The summed E-state index contributed by atoms with van der Waals surface area (Å²) in [6.07, 6.45) is 11.0. The first-order valence-corrected chi connectivity index (χ1v) is 17.8. The Morgan fingerprint density at radius 1 is 0.904 bits per heavy atom. The maximum Gasteiger partial charge on any atom is 0.307 e. The molecule has 6 aromatic rings. The molecule has 9 nitrogen and oxygen atoms in total. The summed E-state index contributed by atoms with van der Waals surface area (Å²) in [6, 6.07) is 30.7. The number of hydrogen-bond donors (Lipinski definition) is 1. The molecule has 1 saturated carbocycles. The van der Waals surface area contributed by atoms with Crippen molar-refractivity contribution in [3.05, 3.63) is 139 Å². The van der Waals surface area contributed by atoms with E-state index in [9.17, 15) is 14.4 Å². The molecule has 2 unspecified atom stereocenters. The van der Waals surface area contributed by atoms with Gasteiger partial charge in [-0.25, -0.2) is 0 Å². The van der Waals surface area contributed by atoms with Crippen LogP contribution in [-0.4, -0.2) is 51.5 Å². The first kappa shape index (κ1) is 34.6. The second kappa shape index (κ2) is 15.6. The van der Waals surface area contributed by atoms with Crippen LogP contribution in [0, 0.1) is 5.41 Å². The highest BCUT2D eigenvalue weighted by Crippen LogP contribution is 2.59. The number of benzene rings is 3. The van der Waals surface area contributed by atoms with Gasteiger partial charge in [0, 0.05) is 67.5 Å². The topological polar surface area (TPSA) is 104 Å². The number of carbonyl (C=O) groups is 3. The Balaban J connectivity index is 1.10. The minimum atomic E-state index is -1.07. The summed E-state index contributed by atoms with van der Waals surface area (Å²) in [5.74, 6) is -0.788. The van der Waals surface area contributed by atoms with Gasteiger partial charge in [-0.15, -0.1) is 0 Å². The van der Waals surface area contributed by atoms with Crippen LogP contribution in [0.4, 0.5) is 0 Å². The van der Waals surface area contributed by atoms with E-state index in [4.69, 9.17) is 9.47 Å². The molecule has 1 aliphatic carbocycles. The second-order valence-corrected chi connectivity index (χ2v) is 13.3. The van der Waals surface area contributed by atoms with Crippen LogP contribution >= 0.6 is 0 Å². The lowest BCUT2D eigenvalue weighted by molar-refractivity contribution is -0.149. The van der Waals surface area contributed by atoms with Crippen LogP contribution in [0.15, 0.2) is 128 Å². The highest BCUT2D eigenvalue weighted by Gasteiger charge is 2.62. The number of amides is 1. The molecule has 52 heavy (non-hydrogen) atoms. The number of pyridine rings is 1. The van der Waals surface area contributed by atoms with Crippen molar-refractivity contribution >= 4 is 29.1 Å². The largest absolute Gasteiger partial charge is 0.461 e. The molecule has 0 bridgehead atoms. The molecule has 1 fully saturated rings. The second-order valence-electron chi connectivity index (χ2n) is 13.3. The molecular formula is C43H42N4O5. The molecular weight excluding hydrogens is 652 g/mol. The van der Waals surface area contributed by atoms with Gasteiger partial charge in [0.1, 0.15) is 12.9 Å². The predicted molar refractivity (Wildman–Crippen MR) is 200 cm³/mol. The van der Waals surface area contributed by atoms with E-state index in [1.54, 1.807) is 12.4 Å². The number of hydrogen-bond acceptors (Lipinski definition) is 6. The standard InChI is InChI=1S/C43H42N4O5/c1-2-51-23-22-46-28-36(38-10-6-7-11-39(38)46)24-37(29-48)45-42(50)43(26-41(49)52-30-31-8-4-3-5-9-31)25-40(43)47-21-18-35(27-47)33-14-12-32(13-15-33)34-16-19-44-20-17-34/h3-21,27-29,37,40H,2,22-26,30H2,1H3,(H,45,50)/t37-,40?,43?/m0/s1. The minimum absolute atomic E-state index is 0.104. The number of aldehydes is 1. The third-order valence-electron chi connectivity index (χ3n) is 9.97. The SMILES string of the molecule is CCOCCn1cc(C[C@@H](C=O)NC(=O)C2(CC(=O)OCc3ccccc3)CC2n2ccc(-c3ccc(-c4ccncc4)cc3)c2)c2ccccc21. The summed E-state index contributed by atoms with van der Waals surface area (Å²) in [6.45, 7) is 3.98. The molecule has 3 aromatic heterocycles. The maximum atomic E-state index is 14.3. The van der Waals surface area contributed by atoms with Crippen LogP contribution < -0.4 is 5.32 Å². The lowest BCUT2D eigenvalue weighted by Gasteiger charge is -2.20. The number of nitrogens with one attached hydrogen (secondary N) is 1. The van der Waals surface area contributed by atoms with Crippen LogP contribution in [-0.2, 0) is 43.4 Å². The van der Waals surface area contributed by atoms with Crippen molar-refractivity contribution in [3.63, 3.8) is 0 Å². The molecule has 1 amide bonds. The molecule has 0 aliphatic heterocycles. The van der Waals surface area contributed by atoms with Crippen molar-refractivity contribution in [1.29, 1.82) is 0 Å². The van der Waals surface area contributed by atoms with Crippen molar-refractivity contribution in [2.24, 2.45) is 5.41 Å². The summed E-state index contributed by atoms with van der Waals surface area (Å²) in [5.41, 5.74) is 6.03. The number of aromatic nitrogens is 3. The number of esters is 1. The van der Waals surface area contributed by atoms with Crippen LogP contribution in [0.25, 0.3) is 33.2 Å². The number of nitrogens with zero attached hydrogens (tertiary/aromatic N) is 3. The third kappa shape index (κ3) is 7.60. The van der Waals surface area contributed by atoms with Gasteiger partial charge in [0.25, 0.3) is 0 Å². The quantitative estimate of drug-likeness (QED) is 0.0653. The van der Waals surface area contributed by atoms with E-state index in [0.717, 1.165) is 50.6 Å². The Morgan fingerprint density at radius 2 is 1.62 bits per heavy atom. The fourth-order valence-corrected chi connectivity index (χ4v) is 7.07. The molecule has 0 radical (unpaired) electrons. The highest BCUT2D eigenvalue weighted by molar-refractivity contribution is 5.93. The lowest BCUT2D eigenvalue weighted by atomic mass is 9.98. The fourth-order valence-electron chi connectivity index (χ4n) is 7.07. The van der Waals surface area contributed by atoms with Crippen LogP contribution in [0.3, 0.4) is 0 Å². The summed E-state index contributed by atoms with van der Waals surface area (Å²) >= 11 is 0. The molecule has 1 aliphatic rings. The van der Waals surface area contributed by atoms with E-state index in [1.807, 2.05) is 103 Å². The monoisotopic (exact) mass is 694 g/mol. The van der Waals surface area contributed by atoms with E-state index >= 15 is 0 Å². The number of fused-ring (bicyclic) bond motifs is 1. The van der Waals surface area contributed by atoms with Gasteiger partial charge in [0.15, 0.2) is 0 Å². The van der Waals surface area contributed by atoms with Gasteiger partial charge in [-0.3, -0.25) is 14.6 Å². The van der Waals surface area contributed by atoms with Gasteiger partial charge >= 0.3 is 5.97 Å². The van der Waals surface area contributed by atoms with Crippen LogP contribution in [0.2, 0.25) is 0 Å². The molecule has 264 valence electrons. The summed E-state index contributed by atoms with van der Waals surface area (Å²) < 4.78 is 15.4. The Morgan fingerprint density at radius 3 is 2.37 bits per heavy atom. The van der Waals surface area contributed by atoms with Crippen LogP contribution in [0.1, 0.15) is 36.9 Å². The Kier molecular flexibility index (Phi) is 10.4. The van der Waals surface area contributed by atoms with Gasteiger partial charge in [-0.05, 0) is 71.0 Å². The minimum Gasteiger partial charge on any atom is -0.461 e. The maximum absolute atomic E-state index is 14.3. The number of ether oxygens (including phenoxy) is 2. The molecule has 3 atom stereocenters. The number of rotatable bonds is 16. The zero-order chi connectivity index (χ0) is 35.9. The molecule has 9 heteroatoms. The van der Waals surface area contributed by atoms with Crippen molar-refractivity contribution < 1.29 is 23.9 Å². The highest BCUT2D eigenvalue weighted by atomic mass is 16.5. The van der Waals surface area contributed by atoms with Crippen molar-refractivity contribution in [2.45, 2.75) is 51.4 Å². The van der Waals surface area contributed by atoms with Gasteiger partial charge in [-0.2, -0.15) is 0 Å². The van der Waals surface area contributed by atoms with Gasteiger partial charge in [0.2, 0.25) is 5.91 Å². The van der Waals surface area contributed by atoms with Crippen LogP contribution in [0.5, 0.6) is 0 Å². The predicted octanol–water partition coefficient (Wildman–Crippen LogP) is 7.20. The fraction of sp³-hybridized carbons (Fsp3) is 0.256. The molecule has 1 N–H and O–H groups in total. The van der Waals surface area contributed by atoms with E-state index in [2.05, 4.69) is 39.1 Å². The molecule has 3 heterocycles. The first-order valence-electron chi connectivity index (χ1n) is 17.8. The Hall–Kier alpha value is -5.80. The smallest absolute Gasteiger partial charge is 0.307 e. The van der Waals surface area contributed by atoms with Crippen molar-refractivity contribution in [2.75, 3.05) is 13.2 Å². The van der Waals surface area contributed by atoms with Gasteiger partial charge < -0.3 is 28.7 Å². The Labute approximate surface area is 303 Å². The third-order valence-corrected chi connectivity index (χ3v) is 9.97. The van der Waals surface area contributed by atoms with Crippen molar-refractivity contribution in [3.8, 4) is 22.3 Å².